The van der Waals surface area contributed by atoms with Crippen molar-refractivity contribution in [2.75, 3.05) is 0 Å². The van der Waals surface area contributed by atoms with Crippen LogP contribution in [0.5, 0.6) is 0 Å². The van der Waals surface area contributed by atoms with E-state index < -0.39 is 0 Å². The van der Waals surface area contributed by atoms with Crippen LogP contribution in [0.3, 0.4) is 0 Å². The fourth-order valence-electron chi connectivity index (χ4n) is 5.13. The molecule has 6 rings (SSSR count). The van der Waals surface area contributed by atoms with Crippen molar-refractivity contribution in [1.82, 2.24) is 15.0 Å². The molecule has 0 amide bonds. The second kappa shape index (κ2) is 8.70. The van der Waals surface area contributed by atoms with Gasteiger partial charge in [0.1, 0.15) is 12.7 Å². The molecule has 0 aliphatic heterocycles. The number of benzene rings is 2. The van der Waals surface area contributed by atoms with Gasteiger partial charge in [-0.1, -0.05) is 71.9 Å². The van der Waals surface area contributed by atoms with Crippen LogP contribution in [0.2, 0.25) is 0 Å². The molecule has 0 aliphatic rings. The van der Waals surface area contributed by atoms with E-state index in [2.05, 4.69) is 121 Å². The average molecular weight is 516 g/mol. The van der Waals surface area contributed by atoms with Crippen molar-refractivity contribution in [3.63, 3.8) is 0 Å². The van der Waals surface area contributed by atoms with E-state index in [-0.39, 0.29) is 10.8 Å². The van der Waals surface area contributed by atoms with Crippen molar-refractivity contribution in [2.24, 2.45) is 7.05 Å². The summed E-state index contributed by atoms with van der Waals surface area (Å²) in [5.41, 5.74) is 7.30. The van der Waals surface area contributed by atoms with Crippen LogP contribution in [0.15, 0.2) is 71.3 Å². The molecular weight excluding hydrogens is 480 g/mol. The summed E-state index contributed by atoms with van der Waals surface area (Å²) in [5.74, 6) is 0.632. The number of rotatable bonds is 2. The van der Waals surface area contributed by atoms with Gasteiger partial charge in [-0.25, -0.2) is 19.5 Å². The van der Waals surface area contributed by atoms with Gasteiger partial charge in [0.2, 0.25) is 11.4 Å². The third-order valence-electron chi connectivity index (χ3n) is 7.46. The van der Waals surface area contributed by atoms with E-state index in [0.29, 0.717) is 17.2 Å². The monoisotopic (exact) mass is 515 g/mol. The Bertz CT molecular complexity index is 1870. The molecule has 5 heteroatoms. The molecule has 6 aromatic rings. The smallest absolute Gasteiger partial charge is 0.228 e. The Morgan fingerprint density at radius 1 is 0.718 bits per heavy atom. The fourth-order valence-corrected chi connectivity index (χ4v) is 5.13. The zero-order valence-electron chi connectivity index (χ0n) is 24.0. The lowest BCUT2D eigenvalue weighted by molar-refractivity contribution is -0.659. The molecule has 0 unspecified atom stereocenters. The van der Waals surface area contributed by atoms with E-state index in [0.717, 1.165) is 44.6 Å². The molecule has 0 atom stereocenters. The lowest BCUT2D eigenvalue weighted by atomic mass is 9.86. The van der Waals surface area contributed by atoms with E-state index in [1.54, 1.807) is 0 Å². The fraction of sp³-hybridized carbons (Fsp3) is 0.294. The molecule has 0 saturated heterocycles. The summed E-state index contributed by atoms with van der Waals surface area (Å²) < 4.78 is 8.74. The topological polar surface area (TPSA) is 55.7 Å². The molecule has 5 nitrogen and oxygen atoms in total. The Labute approximate surface area is 229 Å². The Morgan fingerprint density at radius 2 is 1.36 bits per heavy atom. The highest BCUT2D eigenvalue weighted by Gasteiger charge is 2.25. The number of aryl methyl sites for hydroxylation is 2. The maximum absolute atomic E-state index is 6.56. The van der Waals surface area contributed by atoms with Gasteiger partial charge >= 0.3 is 0 Å². The number of nitrogens with zero attached hydrogens (tertiary/aromatic N) is 4. The van der Waals surface area contributed by atoms with Crippen LogP contribution in [-0.2, 0) is 17.9 Å². The predicted octanol–water partition coefficient (Wildman–Crippen LogP) is 7.99. The Morgan fingerprint density at radius 3 is 2.03 bits per heavy atom. The molecule has 0 radical (unpaired) electrons. The van der Waals surface area contributed by atoms with Gasteiger partial charge in [0, 0.05) is 33.1 Å². The van der Waals surface area contributed by atoms with Crippen LogP contribution in [0, 0.1) is 6.92 Å². The minimum absolute atomic E-state index is 0.108. The average Bonchev–Trinajstić information content (AvgIpc) is 3.25. The SMILES string of the molecule is Cc1ccc2c(oc3nc(-c4nc(C(C)(C)C)cc(C(C)(C)C)n4)ccc32)c1-c1cc2ccccc2c[n+]1C. The van der Waals surface area contributed by atoms with Crippen molar-refractivity contribution in [3.8, 4) is 22.8 Å². The van der Waals surface area contributed by atoms with Gasteiger partial charge in [0.25, 0.3) is 0 Å². The zero-order valence-corrected chi connectivity index (χ0v) is 24.0. The summed E-state index contributed by atoms with van der Waals surface area (Å²) in [6, 6.07) is 21.2. The first-order valence-corrected chi connectivity index (χ1v) is 13.5. The third-order valence-corrected chi connectivity index (χ3v) is 7.46. The summed E-state index contributed by atoms with van der Waals surface area (Å²) in [4.78, 5) is 14.9. The minimum Gasteiger partial charge on any atom is -0.437 e. The van der Waals surface area contributed by atoms with Gasteiger partial charge < -0.3 is 4.42 Å². The van der Waals surface area contributed by atoms with Crippen LogP contribution in [0.4, 0.5) is 0 Å². The van der Waals surface area contributed by atoms with Gasteiger partial charge in [-0.3, -0.25) is 0 Å². The summed E-state index contributed by atoms with van der Waals surface area (Å²) in [6.45, 7) is 15.2. The normalized spacial score (nSPS) is 12.6. The Kier molecular flexibility index (Phi) is 5.62. The molecule has 4 heterocycles. The molecule has 2 aromatic carbocycles. The van der Waals surface area contributed by atoms with E-state index in [9.17, 15) is 0 Å². The second-order valence-electron chi connectivity index (χ2n) is 12.6. The van der Waals surface area contributed by atoms with Gasteiger partial charge in [-0.15, -0.1) is 0 Å². The first kappa shape index (κ1) is 25.2. The van der Waals surface area contributed by atoms with Gasteiger partial charge in [-0.05, 0) is 42.1 Å². The molecule has 0 N–H and O–H groups in total. The van der Waals surface area contributed by atoms with Crippen molar-refractivity contribution >= 4 is 32.8 Å². The van der Waals surface area contributed by atoms with Crippen LogP contribution < -0.4 is 4.57 Å². The van der Waals surface area contributed by atoms with E-state index in [4.69, 9.17) is 19.4 Å². The van der Waals surface area contributed by atoms with E-state index in [1.807, 2.05) is 6.07 Å². The summed E-state index contributed by atoms with van der Waals surface area (Å²) >= 11 is 0. The molecule has 4 aromatic heterocycles. The van der Waals surface area contributed by atoms with Crippen LogP contribution >= 0.6 is 0 Å². The van der Waals surface area contributed by atoms with Crippen molar-refractivity contribution in [2.45, 2.75) is 59.3 Å². The number of pyridine rings is 2. The maximum atomic E-state index is 6.56. The molecule has 0 saturated carbocycles. The predicted molar refractivity (Wildman–Crippen MR) is 159 cm³/mol. The number of hydrogen-bond donors (Lipinski definition) is 0. The van der Waals surface area contributed by atoms with E-state index in [1.165, 1.54) is 10.8 Å². The number of hydrogen-bond acceptors (Lipinski definition) is 4. The lowest BCUT2D eigenvalue weighted by Gasteiger charge is -2.24. The molecule has 0 aliphatic carbocycles. The van der Waals surface area contributed by atoms with Crippen molar-refractivity contribution in [3.05, 3.63) is 83.8 Å². The minimum atomic E-state index is -0.108. The molecule has 39 heavy (non-hydrogen) atoms. The summed E-state index contributed by atoms with van der Waals surface area (Å²) in [5, 5.41) is 4.44. The molecule has 0 spiro atoms. The number of fused-ring (bicyclic) bond motifs is 4. The molecule has 196 valence electrons. The van der Waals surface area contributed by atoms with Gasteiger partial charge in [-0.2, -0.15) is 0 Å². The van der Waals surface area contributed by atoms with Crippen molar-refractivity contribution < 1.29 is 8.98 Å². The highest BCUT2D eigenvalue weighted by Crippen LogP contribution is 2.38. The highest BCUT2D eigenvalue weighted by molar-refractivity contribution is 6.09. The summed E-state index contributed by atoms with van der Waals surface area (Å²) in [6.07, 6.45) is 2.17. The second-order valence-corrected chi connectivity index (χ2v) is 12.6. The number of aromatic nitrogens is 4. The van der Waals surface area contributed by atoms with Crippen molar-refractivity contribution in [1.29, 1.82) is 0 Å². The Hall–Kier alpha value is -4.12. The quantitative estimate of drug-likeness (QED) is 0.219. The van der Waals surface area contributed by atoms with Gasteiger partial charge in [0.15, 0.2) is 17.6 Å². The highest BCUT2D eigenvalue weighted by atomic mass is 16.3. The van der Waals surface area contributed by atoms with Crippen LogP contribution in [0.1, 0.15) is 58.5 Å². The molecule has 0 bridgehead atoms. The molecule has 0 fully saturated rings. The maximum Gasteiger partial charge on any atom is 0.228 e. The number of furan rings is 1. The third kappa shape index (κ3) is 4.36. The summed E-state index contributed by atoms with van der Waals surface area (Å²) in [7, 11) is 2.09. The van der Waals surface area contributed by atoms with Gasteiger partial charge in [0.05, 0.1) is 17.0 Å². The molecular formula is C34H35N4O+. The standard InChI is InChI=1S/C34H35N4O/c1-20-13-14-23-24-15-16-25(31-36-27(33(2,3)4)18-28(37-31)34(5,6)7)35-32(24)39-30(23)29(20)26-17-21-11-9-10-12-22(21)19-38(26)8/h9-19H,1-8H3/q+1. The lowest BCUT2D eigenvalue weighted by Crippen LogP contribution is -2.30. The van der Waals surface area contributed by atoms with Crippen LogP contribution in [0.25, 0.3) is 55.6 Å². The largest absolute Gasteiger partial charge is 0.437 e. The van der Waals surface area contributed by atoms with E-state index >= 15 is 0 Å². The first-order chi connectivity index (χ1) is 18.4. The Balaban J connectivity index is 1.57. The van der Waals surface area contributed by atoms with Crippen LogP contribution in [-0.4, -0.2) is 15.0 Å². The first-order valence-electron chi connectivity index (χ1n) is 13.5. The zero-order chi connectivity index (χ0) is 27.7.